The smallest absolute Gasteiger partial charge is 0.217 e. The molecule has 0 atom stereocenters. The van der Waals surface area contributed by atoms with Gasteiger partial charge in [0, 0.05) is 64.4 Å². The SMILES string of the molecule is COc1ccc(/C(Cn2c(C)cc(=O)cc2C)=N/OCS(C)(=O)=O)cc1OCC1CC1.COc1ccc(/C(Cn2c(C)cc(=O)cc2C)=N/OCSC)cc1OCC1CC1. The van der Waals surface area contributed by atoms with Gasteiger partial charge in [0.15, 0.2) is 49.6 Å². The number of methoxy groups -OCH3 is 2. The van der Waals surface area contributed by atoms with Gasteiger partial charge in [0.25, 0.3) is 0 Å². The largest absolute Gasteiger partial charge is 0.493 e. The van der Waals surface area contributed by atoms with E-state index in [1.54, 1.807) is 56.3 Å². The summed E-state index contributed by atoms with van der Waals surface area (Å²) in [6.07, 6.45) is 7.82. The van der Waals surface area contributed by atoms with E-state index in [0.29, 0.717) is 71.8 Å². The van der Waals surface area contributed by atoms with Crippen molar-refractivity contribution in [1.29, 1.82) is 0 Å². The van der Waals surface area contributed by atoms with Gasteiger partial charge in [0.05, 0.1) is 40.5 Å². The monoisotopic (exact) mass is 864 g/mol. The fourth-order valence-corrected chi connectivity index (χ4v) is 6.60. The second-order valence-corrected chi connectivity index (χ2v) is 18.0. The maximum Gasteiger partial charge on any atom is 0.217 e. The lowest BCUT2D eigenvalue weighted by Crippen LogP contribution is -2.20. The first-order valence-electron chi connectivity index (χ1n) is 19.7. The highest BCUT2D eigenvalue weighted by molar-refractivity contribution is 7.98. The summed E-state index contributed by atoms with van der Waals surface area (Å²) < 4.78 is 49.8. The molecule has 0 spiro atoms. The van der Waals surface area contributed by atoms with Gasteiger partial charge in [-0.15, -0.1) is 11.8 Å². The second kappa shape index (κ2) is 21.3. The first-order valence-corrected chi connectivity index (χ1v) is 23.2. The molecule has 0 N–H and O–H groups in total. The molecule has 0 unspecified atom stereocenters. The number of oxime groups is 2. The van der Waals surface area contributed by atoms with Crippen molar-refractivity contribution in [2.75, 3.05) is 51.8 Å². The van der Waals surface area contributed by atoms with Crippen LogP contribution in [0.2, 0.25) is 0 Å². The zero-order valence-corrected chi connectivity index (χ0v) is 37.3. The van der Waals surface area contributed by atoms with Gasteiger partial charge < -0.3 is 37.8 Å². The van der Waals surface area contributed by atoms with Crippen LogP contribution in [0.15, 0.2) is 80.6 Å². The van der Waals surface area contributed by atoms with Gasteiger partial charge in [-0.1, -0.05) is 10.3 Å². The van der Waals surface area contributed by atoms with Crippen LogP contribution < -0.4 is 29.8 Å². The molecule has 4 aromatic rings. The molecule has 0 aliphatic heterocycles. The maximum atomic E-state index is 11.8. The van der Waals surface area contributed by atoms with Gasteiger partial charge in [0.1, 0.15) is 11.4 Å². The lowest BCUT2D eigenvalue weighted by molar-refractivity contribution is 0.189. The first-order chi connectivity index (χ1) is 28.7. The van der Waals surface area contributed by atoms with Crippen molar-refractivity contribution >= 4 is 33.0 Å². The number of benzene rings is 2. The molecule has 2 aliphatic carbocycles. The molecule has 60 heavy (non-hydrogen) atoms. The molecule has 324 valence electrons. The van der Waals surface area contributed by atoms with E-state index in [0.717, 1.165) is 40.3 Å². The predicted octanol–water partition coefficient (Wildman–Crippen LogP) is 6.69. The first kappa shape index (κ1) is 45.9. The van der Waals surface area contributed by atoms with Crippen molar-refractivity contribution in [3.05, 3.63) is 115 Å². The van der Waals surface area contributed by atoms with Crippen LogP contribution in [0.1, 0.15) is 59.6 Å². The molecule has 2 fully saturated rings. The number of ether oxygens (including phenoxy) is 4. The Morgan fingerprint density at radius 3 is 1.40 bits per heavy atom. The lowest BCUT2D eigenvalue weighted by Gasteiger charge is -2.17. The van der Waals surface area contributed by atoms with Crippen LogP contribution in [-0.2, 0) is 32.6 Å². The van der Waals surface area contributed by atoms with Crippen molar-refractivity contribution in [2.24, 2.45) is 22.1 Å². The normalized spacial score (nSPS) is 14.2. The maximum absolute atomic E-state index is 11.8. The number of aromatic nitrogens is 2. The summed E-state index contributed by atoms with van der Waals surface area (Å²) in [5.74, 6) is 3.77. The number of hydrogen-bond acceptors (Lipinski definition) is 13. The van der Waals surface area contributed by atoms with E-state index in [1.807, 2.05) is 68.8 Å². The molecule has 2 aromatic carbocycles. The molecule has 0 saturated heterocycles. The fraction of sp³-hybridized carbons (Fsp3) is 0.455. The molecule has 2 heterocycles. The summed E-state index contributed by atoms with van der Waals surface area (Å²) in [5, 5.41) is 8.51. The Hall–Kier alpha value is -5.22. The molecule has 2 aromatic heterocycles. The Morgan fingerprint density at radius 2 is 1.05 bits per heavy atom. The van der Waals surface area contributed by atoms with Crippen LogP contribution >= 0.6 is 11.8 Å². The van der Waals surface area contributed by atoms with Crippen molar-refractivity contribution in [1.82, 2.24) is 9.13 Å². The standard InChI is InChI=1S/C22H28N2O6S.C22H28N2O4S/c1-15-9-19(25)10-16(2)24(15)12-20(23-30-14-31(4,26)27)18-7-8-21(28-3)22(11-18)29-13-17-5-6-17;1-15-9-19(25)10-16(2)24(15)12-20(23-28-14-29-4)18-7-8-21(26-3)22(11-18)27-13-17-5-6-17/h7-11,17H,5-6,12-14H2,1-4H3;7-11,17H,5-6,12-14H2,1-4H3/b2*23-20+. The molecule has 6 rings (SSSR count). The quantitative estimate of drug-likeness (QED) is 0.0404. The van der Waals surface area contributed by atoms with Crippen LogP contribution in [0.25, 0.3) is 0 Å². The number of pyridine rings is 2. The van der Waals surface area contributed by atoms with Crippen molar-refractivity contribution in [3.63, 3.8) is 0 Å². The Labute approximate surface area is 356 Å². The van der Waals surface area contributed by atoms with E-state index < -0.39 is 15.8 Å². The van der Waals surface area contributed by atoms with E-state index in [9.17, 15) is 18.0 Å². The zero-order valence-electron chi connectivity index (χ0n) is 35.7. The average molecular weight is 865 g/mol. The molecule has 16 heteroatoms. The topological polar surface area (TPSA) is 158 Å². The van der Waals surface area contributed by atoms with E-state index >= 15 is 0 Å². The van der Waals surface area contributed by atoms with Gasteiger partial charge in [0.2, 0.25) is 5.94 Å². The number of nitrogens with zero attached hydrogens (tertiary/aromatic N) is 4. The van der Waals surface area contributed by atoms with E-state index in [4.69, 9.17) is 28.6 Å². The van der Waals surface area contributed by atoms with Crippen LogP contribution in [-0.4, -0.2) is 80.8 Å². The van der Waals surface area contributed by atoms with Gasteiger partial charge in [-0.05, 0) is 108 Å². The number of thioether (sulfide) groups is 1. The highest BCUT2D eigenvalue weighted by Gasteiger charge is 2.24. The Bertz CT molecular complexity index is 2350. The van der Waals surface area contributed by atoms with Crippen LogP contribution in [0.4, 0.5) is 0 Å². The van der Waals surface area contributed by atoms with Crippen LogP contribution in [0.3, 0.4) is 0 Å². The Morgan fingerprint density at radius 1 is 0.650 bits per heavy atom. The summed E-state index contributed by atoms with van der Waals surface area (Å²) in [6, 6.07) is 17.6. The minimum atomic E-state index is -3.35. The summed E-state index contributed by atoms with van der Waals surface area (Å²) in [6.45, 7) is 9.61. The summed E-state index contributed by atoms with van der Waals surface area (Å²) in [4.78, 5) is 34.2. The predicted molar refractivity (Wildman–Crippen MR) is 236 cm³/mol. The molecular weight excluding hydrogens is 809 g/mol. The third kappa shape index (κ3) is 13.9. The zero-order chi connectivity index (χ0) is 43.4. The Kier molecular flexibility index (Phi) is 16.3. The number of sulfone groups is 1. The van der Waals surface area contributed by atoms with E-state index in [-0.39, 0.29) is 17.4 Å². The minimum Gasteiger partial charge on any atom is -0.493 e. The number of aryl methyl sites for hydroxylation is 4. The molecule has 2 saturated carbocycles. The minimum absolute atomic E-state index is 0.00795. The molecule has 0 bridgehead atoms. The third-order valence-electron chi connectivity index (χ3n) is 9.85. The highest BCUT2D eigenvalue weighted by atomic mass is 32.2. The molecule has 2 aliphatic rings. The second-order valence-electron chi connectivity index (χ2n) is 15.1. The highest BCUT2D eigenvalue weighted by Crippen LogP contribution is 2.35. The van der Waals surface area contributed by atoms with E-state index in [2.05, 4.69) is 14.9 Å². The average Bonchev–Trinajstić information content (AvgIpc) is 4.14. The van der Waals surface area contributed by atoms with Gasteiger partial charge in [-0.2, -0.15) is 0 Å². The lowest BCUT2D eigenvalue weighted by atomic mass is 10.1. The fourth-order valence-electron chi connectivity index (χ4n) is 6.20. The summed E-state index contributed by atoms with van der Waals surface area (Å²) >= 11 is 1.56. The number of rotatable bonds is 20. The van der Waals surface area contributed by atoms with Gasteiger partial charge in [-0.3, -0.25) is 9.59 Å². The van der Waals surface area contributed by atoms with Crippen molar-refractivity contribution < 1.29 is 37.0 Å². The summed E-state index contributed by atoms with van der Waals surface area (Å²) in [5.41, 5.74) is 6.08. The van der Waals surface area contributed by atoms with Crippen molar-refractivity contribution in [3.8, 4) is 23.0 Å². The number of hydrogen-bond donors (Lipinski definition) is 0. The van der Waals surface area contributed by atoms with Gasteiger partial charge in [-0.25, -0.2) is 8.42 Å². The van der Waals surface area contributed by atoms with E-state index in [1.165, 1.54) is 25.7 Å². The van der Waals surface area contributed by atoms with Crippen LogP contribution in [0, 0.1) is 39.5 Å². The molecule has 0 radical (unpaired) electrons. The third-order valence-corrected chi connectivity index (χ3v) is 10.7. The van der Waals surface area contributed by atoms with Gasteiger partial charge >= 0.3 is 0 Å². The molecular formula is C44H56N4O10S2. The molecule has 14 nitrogen and oxygen atoms in total. The Balaban J connectivity index is 0.000000228. The molecule has 0 amide bonds. The summed E-state index contributed by atoms with van der Waals surface area (Å²) in [7, 11) is -0.128. The van der Waals surface area contributed by atoms with Crippen molar-refractivity contribution in [2.45, 2.75) is 66.5 Å². The van der Waals surface area contributed by atoms with Crippen LogP contribution in [0.5, 0.6) is 23.0 Å².